The smallest absolute Gasteiger partial charge is 0.109 e. The van der Waals surface area contributed by atoms with Crippen molar-refractivity contribution in [1.29, 1.82) is 0 Å². The molecule has 24 heavy (non-hydrogen) atoms. The predicted molar refractivity (Wildman–Crippen MR) is 109 cm³/mol. The Hall–Kier alpha value is -0.300. The van der Waals surface area contributed by atoms with E-state index < -0.39 is 23.3 Å². The van der Waals surface area contributed by atoms with Crippen molar-refractivity contribution in [2.45, 2.75) is 0 Å². The number of hydrogen-bond acceptors (Lipinski definition) is 3. The maximum Gasteiger partial charge on any atom is 0.109 e. The van der Waals surface area contributed by atoms with Crippen LogP contribution >= 0.6 is 60.5 Å². The van der Waals surface area contributed by atoms with Gasteiger partial charge < -0.3 is 14.7 Å². The van der Waals surface area contributed by atoms with Crippen LogP contribution < -0.4 is 14.7 Å². The van der Waals surface area contributed by atoms with Crippen LogP contribution in [0.25, 0.3) is 0 Å². The van der Waals surface area contributed by atoms with E-state index in [-0.39, 0.29) is 37.2 Å². The van der Waals surface area contributed by atoms with E-state index in [4.69, 9.17) is 0 Å². The van der Waals surface area contributed by atoms with Crippen molar-refractivity contribution >= 4 is 60.5 Å². The lowest BCUT2D eigenvalue weighted by molar-refractivity contribution is -0.151. The zero-order valence-electron chi connectivity index (χ0n) is 12.5. The molecule has 3 rings (SSSR count). The standard InChI is InChI=1S/3C5H5OP.3ClH/c3*6-7-4-2-1-3-5-7;;;/h3*1-5H;3*1H. The Bertz CT molecular complexity index is 516. The Balaban J connectivity index is -0.000000259. The van der Waals surface area contributed by atoms with Gasteiger partial charge in [-0.3, -0.25) is 0 Å². The second-order valence-electron chi connectivity index (χ2n) is 3.71. The van der Waals surface area contributed by atoms with Crippen LogP contribution in [0, 0.1) is 0 Å². The first-order valence-electron chi connectivity index (χ1n) is 6.10. The Labute approximate surface area is 164 Å². The van der Waals surface area contributed by atoms with Crippen molar-refractivity contribution < 1.29 is 14.7 Å². The van der Waals surface area contributed by atoms with Crippen molar-refractivity contribution in [2.75, 3.05) is 0 Å². The molecule has 0 saturated carbocycles. The summed E-state index contributed by atoms with van der Waals surface area (Å²) < 4.78 is 0. The molecule has 132 valence electrons. The van der Waals surface area contributed by atoms with Gasteiger partial charge in [-0.15, -0.1) is 37.2 Å². The molecule has 0 radical (unpaired) electrons. The molecule has 3 aromatic rings. The molecule has 0 spiro atoms. The van der Waals surface area contributed by atoms with E-state index in [2.05, 4.69) is 0 Å². The highest BCUT2D eigenvalue weighted by Gasteiger charge is 1.79. The first-order valence-corrected chi connectivity index (χ1v) is 10.3. The molecule has 3 nitrogen and oxygen atoms in total. The summed E-state index contributed by atoms with van der Waals surface area (Å²) in [5.74, 6) is 10.1. The summed E-state index contributed by atoms with van der Waals surface area (Å²) in [7, 11) is -3.40. The third-order valence-electron chi connectivity index (χ3n) is 2.06. The van der Waals surface area contributed by atoms with Gasteiger partial charge in [0.2, 0.25) is 0 Å². The fraction of sp³-hybridized carbons (Fsp3) is 0. The third-order valence-corrected chi connectivity index (χ3v) is 4.86. The van der Waals surface area contributed by atoms with Gasteiger partial charge in [0.25, 0.3) is 0 Å². The molecule has 0 aliphatic heterocycles. The molecule has 0 atom stereocenters. The maximum absolute atomic E-state index is 10.4. The van der Waals surface area contributed by atoms with Crippen molar-refractivity contribution in [3.8, 4) is 0 Å². The minimum atomic E-state index is -1.13. The van der Waals surface area contributed by atoms with Gasteiger partial charge in [0.1, 0.15) is 34.8 Å². The topological polar surface area (TPSA) is 69.2 Å². The minimum Gasteiger partial charge on any atom is -0.626 e. The van der Waals surface area contributed by atoms with Gasteiger partial charge in [0, 0.05) is 0 Å². The van der Waals surface area contributed by atoms with E-state index in [1.54, 1.807) is 71.2 Å². The van der Waals surface area contributed by atoms with E-state index in [0.29, 0.717) is 0 Å². The van der Waals surface area contributed by atoms with Gasteiger partial charge in [-0.05, 0) is 36.4 Å². The van der Waals surface area contributed by atoms with Crippen LogP contribution in [-0.2, 0) is 0 Å². The Morgan fingerprint density at radius 3 is 0.583 bits per heavy atom. The van der Waals surface area contributed by atoms with Crippen LogP contribution in [0.15, 0.2) is 89.4 Å². The lowest BCUT2D eigenvalue weighted by atomic mass is 10.6. The van der Waals surface area contributed by atoms with Crippen molar-refractivity contribution in [1.82, 2.24) is 0 Å². The quantitative estimate of drug-likeness (QED) is 0.512. The molecular weight excluding hydrogens is 427 g/mol. The largest absolute Gasteiger partial charge is 0.626 e. The van der Waals surface area contributed by atoms with Gasteiger partial charge in [0.05, 0.1) is 23.3 Å². The van der Waals surface area contributed by atoms with Crippen LogP contribution in [0.1, 0.15) is 0 Å². The van der Waals surface area contributed by atoms with E-state index in [9.17, 15) is 14.7 Å². The molecule has 0 saturated heterocycles. The summed E-state index contributed by atoms with van der Waals surface area (Å²) in [5.41, 5.74) is 0. The lowest BCUT2D eigenvalue weighted by Crippen LogP contribution is -1.78. The molecule has 0 N–H and O–H groups in total. The molecule has 0 aromatic carbocycles. The van der Waals surface area contributed by atoms with E-state index in [1.807, 2.05) is 18.2 Å². The average molecular weight is 446 g/mol. The van der Waals surface area contributed by atoms with Gasteiger partial charge >= 0.3 is 0 Å². The molecule has 0 unspecified atom stereocenters. The van der Waals surface area contributed by atoms with Crippen LogP contribution in [-0.4, -0.2) is 0 Å². The summed E-state index contributed by atoms with van der Waals surface area (Å²) in [6.07, 6.45) is 0. The second-order valence-corrected chi connectivity index (χ2v) is 7.65. The molecule has 0 amide bonds. The Morgan fingerprint density at radius 2 is 0.500 bits per heavy atom. The van der Waals surface area contributed by atoms with Gasteiger partial charge in [-0.2, -0.15) is 0 Å². The van der Waals surface area contributed by atoms with Crippen molar-refractivity contribution in [2.24, 2.45) is 0 Å². The van der Waals surface area contributed by atoms with E-state index in [0.717, 1.165) is 0 Å². The molecule has 3 aromatic heterocycles. The average Bonchev–Trinajstić information content (AvgIpc) is 2.51. The van der Waals surface area contributed by atoms with Gasteiger partial charge in [-0.1, -0.05) is 18.2 Å². The highest BCUT2D eigenvalue weighted by Crippen LogP contribution is 2.12. The zero-order chi connectivity index (χ0) is 15.3. The number of rotatable bonds is 0. The van der Waals surface area contributed by atoms with Crippen LogP contribution in [0.5, 0.6) is 0 Å². The van der Waals surface area contributed by atoms with Crippen LogP contribution in [0.2, 0.25) is 0 Å². The first kappa shape index (κ1) is 28.5. The maximum atomic E-state index is 10.4. The molecular formula is C15H18Cl3O3P3. The molecule has 3 heterocycles. The minimum absolute atomic E-state index is 0. The summed E-state index contributed by atoms with van der Waals surface area (Å²) in [4.78, 5) is 31.3. The highest BCUT2D eigenvalue weighted by molar-refractivity contribution is 7.41. The Morgan fingerprint density at radius 1 is 0.333 bits per heavy atom. The van der Waals surface area contributed by atoms with E-state index in [1.165, 1.54) is 0 Å². The number of halogens is 3. The SMILES string of the molecule is Cl.Cl.Cl.[O-][p+]1ccccc1.[O-][p+]1ccccc1.[O-][p+]1ccccc1. The fourth-order valence-electron chi connectivity index (χ4n) is 1.15. The summed E-state index contributed by atoms with van der Waals surface area (Å²) in [6.45, 7) is 0. The van der Waals surface area contributed by atoms with Gasteiger partial charge in [0.15, 0.2) is 0 Å². The van der Waals surface area contributed by atoms with Gasteiger partial charge in [-0.25, -0.2) is 0 Å². The molecule has 0 aliphatic rings. The molecule has 0 bridgehead atoms. The summed E-state index contributed by atoms with van der Waals surface area (Å²) in [5, 5.41) is 0. The number of hydrogen-bond donors (Lipinski definition) is 0. The third kappa shape index (κ3) is 16.6. The lowest BCUT2D eigenvalue weighted by Gasteiger charge is -1.81. The van der Waals surface area contributed by atoms with Crippen LogP contribution in [0.4, 0.5) is 0 Å². The molecule has 0 fully saturated rings. The summed E-state index contributed by atoms with van der Waals surface area (Å²) >= 11 is 0. The monoisotopic (exact) mass is 444 g/mol. The highest BCUT2D eigenvalue weighted by atomic mass is 35.5. The van der Waals surface area contributed by atoms with Crippen molar-refractivity contribution in [3.05, 3.63) is 89.4 Å². The van der Waals surface area contributed by atoms with Crippen LogP contribution in [0.3, 0.4) is 0 Å². The molecule has 0 aliphatic carbocycles. The normalized spacial score (nSPS) is 7.62. The molecule has 9 heteroatoms. The van der Waals surface area contributed by atoms with Crippen molar-refractivity contribution in [3.63, 3.8) is 0 Å². The predicted octanol–water partition coefficient (Wildman–Crippen LogP) is 4.50. The zero-order valence-corrected chi connectivity index (χ0v) is 17.6. The van der Waals surface area contributed by atoms with E-state index >= 15 is 0 Å². The second kappa shape index (κ2) is 19.0. The first-order chi connectivity index (χ1) is 10.2. The summed E-state index contributed by atoms with van der Waals surface area (Å²) in [6, 6.07) is 16.3. The fourth-order valence-corrected chi connectivity index (χ4v) is 3.06. The Kier molecular flexibility index (Phi) is 22.6.